The van der Waals surface area contributed by atoms with Crippen LogP contribution in [-0.2, 0) is 4.84 Å². The van der Waals surface area contributed by atoms with E-state index in [9.17, 15) is 10.1 Å². The first-order valence-corrected chi connectivity index (χ1v) is 5.07. The molecule has 0 atom stereocenters. The van der Waals surface area contributed by atoms with Crippen molar-refractivity contribution in [2.45, 2.75) is 13.8 Å². The molecule has 0 radical (unpaired) electrons. The van der Waals surface area contributed by atoms with Gasteiger partial charge in [-0.3, -0.25) is 10.1 Å². The predicted molar refractivity (Wildman–Crippen MR) is 66.1 cm³/mol. The van der Waals surface area contributed by atoms with Crippen LogP contribution in [0.4, 0.5) is 5.69 Å². The fourth-order valence-corrected chi connectivity index (χ4v) is 1.23. The van der Waals surface area contributed by atoms with E-state index in [-0.39, 0.29) is 5.69 Å². The highest BCUT2D eigenvalue weighted by Gasteiger charge is 2.14. The maximum absolute atomic E-state index is 10.8. The molecule has 0 N–H and O–H groups in total. The Hall–Kier alpha value is -2.17. The van der Waals surface area contributed by atoms with Crippen molar-refractivity contribution in [3.05, 3.63) is 52.1 Å². The molecule has 0 amide bonds. The summed E-state index contributed by atoms with van der Waals surface area (Å²) in [5.41, 5.74) is 1.79. The van der Waals surface area contributed by atoms with Crippen molar-refractivity contribution in [2.24, 2.45) is 5.16 Å². The van der Waals surface area contributed by atoms with Crippen LogP contribution in [0.3, 0.4) is 0 Å². The first kappa shape index (κ1) is 12.9. The fourth-order valence-electron chi connectivity index (χ4n) is 1.23. The van der Waals surface area contributed by atoms with Gasteiger partial charge in [0.2, 0.25) is 0 Å². The molecule has 1 aromatic carbocycles. The van der Waals surface area contributed by atoms with Crippen LogP contribution in [-0.4, -0.2) is 17.2 Å². The maximum Gasteiger partial charge on any atom is 0.278 e. The third-order valence-corrected chi connectivity index (χ3v) is 2.00. The zero-order valence-electron chi connectivity index (χ0n) is 9.84. The molecule has 0 saturated carbocycles. The largest absolute Gasteiger partial charge is 0.391 e. The number of nitro groups is 1. The van der Waals surface area contributed by atoms with Gasteiger partial charge >= 0.3 is 0 Å². The summed E-state index contributed by atoms with van der Waals surface area (Å²) in [5, 5.41) is 14.6. The normalized spacial score (nSPS) is 11.1. The van der Waals surface area contributed by atoms with E-state index in [1.54, 1.807) is 25.1 Å². The molecule has 0 saturated heterocycles. The van der Waals surface area contributed by atoms with Gasteiger partial charge in [-0.25, -0.2) is 0 Å². The van der Waals surface area contributed by atoms with Crippen molar-refractivity contribution in [3.8, 4) is 0 Å². The van der Waals surface area contributed by atoms with Crippen molar-refractivity contribution in [2.75, 3.05) is 6.61 Å². The second-order valence-electron chi connectivity index (χ2n) is 3.68. The van der Waals surface area contributed by atoms with Gasteiger partial charge in [0.05, 0.1) is 16.2 Å². The molecule has 0 aliphatic heterocycles. The number of nitro benzene ring substituents is 1. The molecule has 1 aromatic rings. The van der Waals surface area contributed by atoms with Crippen molar-refractivity contribution in [3.63, 3.8) is 0 Å². The Kier molecular flexibility index (Phi) is 4.39. The SMILES string of the molecule is C=C(C)CO/N=C(\C)c1ccccc1[N+](=O)[O-]. The molecule has 0 aliphatic rings. The summed E-state index contributed by atoms with van der Waals surface area (Å²) in [5.74, 6) is 0. The van der Waals surface area contributed by atoms with Gasteiger partial charge in [0, 0.05) is 6.07 Å². The van der Waals surface area contributed by atoms with Crippen LogP contribution in [0, 0.1) is 10.1 Å². The van der Waals surface area contributed by atoms with Crippen LogP contribution < -0.4 is 0 Å². The van der Waals surface area contributed by atoms with Gasteiger partial charge in [-0.15, -0.1) is 0 Å². The lowest BCUT2D eigenvalue weighted by Gasteiger charge is -2.03. The number of hydrogen-bond donors (Lipinski definition) is 0. The highest BCUT2D eigenvalue weighted by molar-refractivity contribution is 6.01. The minimum absolute atomic E-state index is 0.0210. The zero-order chi connectivity index (χ0) is 12.8. The van der Waals surface area contributed by atoms with Gasteiger partial charge in [0.15, 0.2) is 0 Å². The molecular formula is C12H14N2O3. The molecule has 0 aromatic heterocycles. The van der Waals surface area contributed by atoms with E-state index in [2.05, 4.69) is 11.7 Å². The lowest BCUT2D eigenvalue weighted by molar-refractivity contribution is -0.385. The molecule has 0 unspecified atom stereocenters. The van der Waals surface area contributed by atoms with Crippen LogP contribution in [0.5, 0.6) is 0 Å². The molecule has 1 rings (SSSR count). The van der Waals surface area contributed by atoms with Gasteiger partial charge < -0.3 is 4.84 Å². The quantitative estimate of drug-likeness (QED) is 0.340. The molecule has 0 fully saturated rings. The Morgan fingerprint density at radius 3 is 2.71 bits per heavy atom. The Labute approximate surface area is 99.5 Å². The summed E-state index contributed by atoms with van der Waals surface area (Å²) in [6.07, 6.45) is 0. The standard InChI is InChI=1S/C12H14N2O3/c1-9(2)8-17-13-10(3)11-6-4-5-7-12(11)14(15)16/h4-7H,1,8H2,2-3H3/b13-10+. The van der Waals surface area contributed by atoms with Crippen LogP contribution in [0.1, 0.15) is 19.4 Å². The molecule has 90 valence electrons. The maximum atomic E-state index is 10.8. The summed E-state index contributed by atoms with van der Waals surface area (Å²) in [6, 6.07) is 6.41. The molecule has 0 bridgehead atoms. The lowest BCUT2D eigenvalue weighted by Crippen LogP contribution is -2.02. The number of nitrogens with zero attached hydrogens (tertiary/aromatic N) is 2. The molecule has 0 heterocycles. The predicted octanol–water partition coefficient (Wildman–Crippen LogP) is 2.91. The third-order valence-electron chi connectivity index (χ3n) is 2.00. The van der Waals surface area contributed by atoms with Crippen LogP contribution in [0.2, 0.25) is 0 Å². The average molecular weight is 234 g/mol. The van der Waals surface area contributed by atoms with E-state index in [0.717, 1.165) is 5.57 Å². The van der Waals surface area contributed by atoms with Crippen LogP contribution >= 0.6 is 0 Å². The van der Waals surface area contributed by atoms with Crippen molar-refractivity contribution in [1.29, 1.82) is 0 Å². The number of rotatable bonds is 5. The highest BCUT2D eigenvalue weighted by Crippen LogP contribution is 2.18. The number of benzene rings is 1. The fraction of sp³-hybridized carbons (Fsp3) is 0.250. The third kappa shape index (κ3) is 3.71. The molecule has 5 nitrogen and oxygen atoms in total. The summed E-state index contributed by atoms with van der Waals surface area (Å²) < 4.78 is 0. The molecule has 5 heteroatoms. The first-order chi connectivity index (χ1) is 8.02. The highest BCUT2D eigenvalue weighted by atomic mass is 16.6. The van der Waals surface area contributed by atoms with Gasteiger partial charge in [0.25, 0.3) is 5.69 Å². The Morgan fingerprint density at radius 2 is 2.12 bits per heavy atom. The zero-order valence-corrected chi connectivity index (χ0v) is 9.84. The Bertz CT molecular complexity index is 467. The second kappa shape index (κ2) is 5.79. The smallest absolute Gasteiger partial charge is 0.278 e. The summed E-state index contributed by atoms with van der Waals surface area (Å²) in [4.78, 5) is 15.4. The van der Waals surface area contributed by atoms with E-state index in [0.29, 0.717) is 17.9 Å². The topological polar surface area (TPSA) is 64.7 Å². The van der Waals surface area contributed by atoms with Gasteiger partial charge in [0.1, 0.15) is 6.61 Å². The minimum atomic E-state index is -0.437. The number of para-hydroxylation sites is 1. The lowest BCUT2D eigenvalue weighted by atomic mass is 10.1. The van der Waals surface area contributed by atoms with E-state index in [1.165, 1.54) is 6.07 Å². The van der Waals surface area contributed by atoms with Crippen molar-refractivity contribution in [1.82, 2.24) is 0 Å². The van der Waals surface area contributed by atoms with Crippen molar-refractivity contribution >= 4 is 11.4 Å². The van der Waals surface area contributed by atoms with E-state index >= 15 is 0 Å². The van der Waals surface area contributed by atoms with Crippen molar-refractivity contribution < 1.29 is 9.76 Å². The van der Waals surface area contributed by atoms with Crippen LogP contribution in [0.25, 0.3) is 0 Å². The summed E-state index contributed by atoms with van der Waals surface area (Å²) >= 11 is 0. The Balaban J connectivity index is 2.91. The second-order valence-corrected chi connectivity index (χ2v) is 3.68. The van der Waals surface area contributed by atoms with Gasteiger partial charge in [-0.2, -0.15) is 0 Å². The van der Waals surface area contributed by atoms with E-state index < -0.39 is 4.92 Å². The average Bonchev–Trinajstić information content (AvgIpc) is 2.28. The van der Waals surface area contributed by atoms with E-state index in [4.69, 9.17) is 4.84 Å². The summed E-state index contributed by atoms with van der Waals surface area (Å²) in [6.45, 7) is 7.45. The first-order valence-electron chi connectivity index (χ1n) is 5.07. The van der Waals surface area contributed by atoms with Gasteiger partial charge in [-0.05, 0) is 25.5 Å². The molecule has 0 aliphatic carbocycles. The van der Waals surface area contributed by atoms with Gasteiger partial charge in [-0.1, -0.05) is 23.9 Å². The molecule has 0 spiro atoms. The monoisotopic (exact) mass is 234 g/mol. The Morgan fingerprint density at radius 1 is 1.47 bits per heavy atom. The van der Waals surface area contributed by atoms with Crippen LogP contribution in [0.15, 0.2) is 41.6 Å². The minimum Gasteiger partial charge on any atom is -0.391 e. The molecular weight excluding hydrogens is 220 g/mol. The summed E-state index contributed by atoms with van der Waals surface area (Å²) in [7, 11) is 0. The molecule has 17 heavy (non-hydrogen) atoms. The van der Waals surface area contributed by atoms with E-state index in [1.807, 2.05) is 6.92 Å². The number of hydrogen-bond acceptors (Lipinski definition) is 4. The number of oxime groups is 1.